The zero-order valence-electron chi connectivity index (χ0n) is 13.1. The van der Waals surface area contributed by atoms with E-state index < -0.39 is 52.0 Å². The molecule has 0 radical (unpaired) electrons. The monoisotopic (exact) mass is 418 g/mol. The van der Waals surface area contributed by atoms with Crippen molar-refractivity contribution in [1.82, 2.24) is 9.71 Å². The van der Waals surface area contributed by atoms with Crippen LogP contribution in [0.25, 0.3) is 0 Å². The first-order valence-corrected chi connectivity index (χ1v) is 9.94. The number of hydrogen-bond donors (Lipinski definition) is 5. The third-order valence-corrected chi connectivity index (χ3v) is 5.62. The maximum atomic E-state index is 12.6. The van der Waals surface area contributed by atoms with Gasteiger partial charge in [0.1, 0.15) is 6.10 Å². The highest BCUT2D eigenvalue weighted by atomic mass is 31.3. The van der Waals surface area contributed by atoms with Crippen LogP contribution in [0.2, 0.25) is 0 Å². The lowest BCUT2D eigenvalue weighted by atomic mass is 10.2. The molecule has 4 atom stereocenters. The SMILES string of the molecule is Cc1cn(OP(=O)(OC2C[C@H](O)[C@@H](CO)O2)OP(=O)(O)O)c(=O)[nH]c1=O. The molecule has 0 aromatic carbocycles. The van der Waals surface area contributed by atoms with Crippen molar-refractivity contribution in [2.45, 2.75) is 31.8 Å². The van der Waals surface area contributed by atoms with Crippen LogP contribution < -0.4 is 15.9 Å². The molecule has 0 saturated carbocycles. The van der Waals surface area contributed by atoms with Crippen molar-refractivity contribution in [3.05, 3.63) is 32.6 Å². The number of aryl methyl sites for hydroxylation is 1. The summed E-state index contributed by atoms with van der Waals surface area (Å²) in [5, 5.41) is 18.6. The van der Waals surface area contributed by atoms with Crippen LogP contribution in [-0.4, -0.2) is 54.8 Å². The molecule has 0 amide bonds. The largest absolute Gasteiger partial charge is 0.560 e. The molecule has 1 aromatic heterocycles. The highest BCUT2D eigenvalue weighted by molar-refractivity contribution is 7.61. The average molecular weight is 418 g/mol. The standard InChI is InChI=1S/C10H16N2O12P2/c1-5-3-12(10(16)11-9(5)15)23-26(20,24-25(17,18)19)22-8-2-6(14)7(4-13)21-8/h3,6-8,13-14H,2,4H2,1H3,(H,11,15,16)(H2,17,18,19)/t6-,7+,8?,26?/m0/s1. The fourth-order valence-corrected chi connectivity index (χ4v) is 4.08. The maximum absolute atomic E-state index is 12.6. The van der Waals surface area contributed by atoms with Gasteiger partial charge in [-0.3, -0.25) is 9.78 Å². The van der Waals surface area contributed by atoms with Crippen molar-refractivity contribution in [2.24, 2.45) is 0 Å². The summed E-state index contributed by atoms with van der Waals surface area (Å²) in [6.07, 6.45) is -3.38. The van der Waals surface area contributed by atoms with Gasteiger partial charge in [-0.05, 0) is 6.92 Å². The highest BCUT2D eigenvalue weighted by Gasteiger charge is 2.45. The number of nitrogens with one attached hydrogen (secondary N) is 1. The van der Waals surface area contributed by atoms with Crippen LogP contribution in [0.15, 0.2) is 15.8 Å². The number of rotatable bonds is 7. The lowest BCUT2D eigenvalue weighted by molar-refractivity contribution is -0.104. The van der Waals surface area contributed by atoms with Crippen LogP contribution in [0, 0.1) is 6.92 Å². The lowest BCUT2D eigenvalue weighted by Crippen LogP contribution is -2.34. The highest BCUT2D eigenvalue weighted by Crippen LogP contribution is 2.60. The molecule has 2 heterocycles. The molecule has 0 bridgehead atoms. The van der Waals surface area contributed by atoms with Crippen molar-refractivity contribution in [2.75, 3.05) is 6.61 Å². The van der Waals surface area contributed by atoms with Crippen molar-refractivity contribution in [3.8, 4) is 0 Å². The molecule has 14 nitrogen and oxygen atoms in total. The lowest BCUT2D eigenvalue weighted by Gasteiger charge is -2.21. The Labute approximate surface area is 144 Å². The number of aromatic nitrogens is 2. The number of hydrogen-bond acceptors (Lipinski definition) is 10. The average Bonchev–Trinajstić information content (AvgIpc) is 2.81. The molecule has 2 rings (SSSR count). The Bertz CT molecular complexity index is 858. The van der Waals surface area contributed by atoms with Gasteiger partial charge in [0.15, 0.2) is 6.29 Å². The zero-order chi connectivity index (χ0) is 19.7. The number of H-pyrrole nitrogens is 1. The van der Waals surface area contributed by atoms with Gasteiger partial charge in [-0.15, -0.1) is 4.73 Å². The zero-order valence-corrected chi connectivity index (χ0v) is 14.9. The predicted octanol–water partition coefficient (Wildman–Crippen LogP) is -2.02. The Morgan fingerprint density at radius 2 is 2.04 bits per heavy atom. The Hall–Kier alpha value is -1.34. The van der Waals surface area contributed by atoms with Crippen LogP contribution in [0.3, 0.4) is 0 Å². The third kappa shape index (κ3) is 5.33. The van der Waals surface area contributed by atoms with E-state index >= 15 is 0 Å². The van der Waals surface area contributed by atoms with E-state index in [1.807, 2.05) is 0 Å². The van der Waals surface area contributed by atoms with E-state index in [-0.39, 0.29) is 16.7 Å². The topological polar surface area (TPSA) is 207 Å². The summed E-state index contributed by atoms with van der Waals surface area (Å²) in [7, 11) is -10.6. The number of ether oxygens (including phenoxy) is 1. The number of aliphatic hydroxyl groups is 2. The van der Waals surface area contributed by atoms with Gasteiger partial charge in [0.2, 0.25) is 0 Å². The summed E-state index contributed by atoms with van der Waals surface area (Å²) >= 11 is 0. The quantitative estimate of drug-likeness (QED) is 0.304. The Kier molecular flexibility index (Phi) is 6.23. The van der Waals surface area contributed by atoms with Crippen molar-refractivity contribution in [1.29, 1.82) is 0 Å². The van der Waals surface area contributed by atoms with Crippen molar-refractivity contribution < 1.29 is 47.3 Å². The fourth-order valence-electron chi connectivity index (χ4n) is 1.96. The Morgan fingerprint density at radius 1 is 1.38 bits per heavy atom. The third-order valence-electron chi connectivity index (χ3n) is 3.10. The van der Waals surface area contributed by atoms with Crippen LogP contribution in [0.1, 0.15) is 12.0 Å². The molecular formula is C10H16N2O12P2. The summed E-state index contributed by atoms with van der Waals surface area (Å²) in [6.45, 7) is 0.667. The normalized spacial score (nSPS) is 25.8. The van der Waals surface area contributed by atoms with Crippen LogP contribution >= 0.6 is 15.6 Å². The van der Waals surface area contributed by atoms with Gasteiger partial charge >= 0.3 is 21.3 Å². The van der Waals surface area contributed by atoms with E-state index in [0.717, 1.165) is 6.20 Å². The molecule has 1 aliphatic heterocycles. The molecule has 1 saturated heterocycles. The van der Waals surface area contributed by atoms with Crippen molar-refractivity contribution >= 4 is 15.6 Å². The second kappa shape index (κ2) is 7.72. The number of nitrogens with zero attached hydrogens (tertiary/aromatic N) is 1. The maximum Gasteiger partial charge on any atom is 0.560 e. The number of aromatic amines is 1. The van der Waals surface area contributed by atoms with Crippen LogP contribution in [0.4, 0.5) is 0 Å². The fraction of sp³-hybridized carbons (Fsp3) is 0.600. The van der Waals surface area contributed by atoms with Gasteiger partial charge in [-0.1, -0.05) is 0 Å². The minimum absolute atomic E-state index is 0.0554. The van der Waals surface area contributed by atoms with E-state index in [2.05, 4.69) is 8.94 Å². The molecule has 5 N–H and O–H groups in total. The van der Waals surface area contributed by atoms with Crippen LogP contribution in [-0.2, 0) is 22.7 Å². The summed E-state index contributed by atoms with van der Waals surface area (Å²) in [5.41, 5.74) is -2.05. The van der Waals surface area contributed by atoms with E-state index in [4.69, 9.17) is 24.2 Å². The minimum Gasteiger partial charge on any atom is -0.394 e. The van der Waals surface area contributed by atoms with Gasteiger partial charge in [0, 0.05) is 12.0 Å². The molecule has 1 aliphatic rings. The molecule has 26 heavy (non-hydrogen) atoms. The summed E-state index contributed by atoms with van der Waals surface area (Å²) < 4.78 is 42.3. The molecule has 16 heteroatoms. The van der Waals surface area contributed by atoms with Gasteiger partial charge in [0.25, 0.3) is 5.56 Å². The van der Waals surface area contributed by atoms with E-state index in [9.17, 15) is 23.8 Å². The number of aliphatic hydroxyl groups excluding tert-OH is 2. The molecule has 1 aromatic rings. The summed E-state index contributed by atoms with van der Waals surface area (Å²) in [4.78, 5) is 42.6. The molecule has 2 unspecified atom stereocenters. The van der Waals surface area contributed by atoms with E-state index in [1.54, 1.807) is 4.98 Å². The molecule has 0 spiro atoms. The molecule has 1 fully saturated rings. The Morgan fingerprint density at radius 3 is 2.58 bits per heavy atom. The minimum atomic E-state index is -5.42. The first-order valence-electron chi connectivity index (χ1n) is 6.95. The van der Waals surface area contributed by atoms with E-state index in [0.29, 0.717) is 0 Å². The number of phosphoric acid groups is 2. The van der Waals surface area contributed by atoms with Gasteiger partial charge < -0.3 is 29.4 Å². The predicted molar refractivity (Wildman–Crippen MR) is 80.8 cm³/mol. The summed E-state index contributed by atoms with van der Waals surface area (Å²) in [5.74, 6) is 0. The van der Waals surface area contributed by atoms with Gasteiger partial charge in [-0.2, -0.15) is 4.31 Å². The van der Waals surface area contributed by atoms with Gasteiger partial charge in [-0.25, -0.2) is 18.4 Å². The molecular weight excluding hydrogens is 402 g/mol. The second-order valence-corrected chi connectivity index (χ2v) is 8.10. The summed E-state index contributed by atoms with van der Waals surface area (Å²) in [6, 6.07) is 0. The first kappa shape index (κ1) is 21.0. The second-order valence-electron chi connectivity index (χ2n) is 5.19. The van der Waals surface area contributed by atoms with Crippen LogP contribution in [0.5, 0.6) is 0 Å². The Balaban J connectivity index is 2.30. The molecule has 0 aliphatic carbocycles. The van der Waals surface area contributed by atoms with Gasteiger partial charge in [0.05, 0.1) is 18.9 Å². The smallest absolute Gasteiger partial charge is 0.394 e. The molecule has 148 valence electrons. The van der Waals surface area contributed by atoms with Crippen molar-refractivity contribution in [3.63, 3.8) is 0 Å². The first-order chi connectivity index (χ1) is 11.9. The van der Waals surface area contributed by atoms with E-state index in [1.165, 1.54) is 6.92 Å².